The first-order chi connectivity index (χ1) is 5.33. The highest BCUT2D eigenvalue weighted by Gasteiger charge is 2.42. The van der Waals surface area contributed by atoms with Crippen LogP contribution in [-0.4, -0.2) is 6.04 Å². The third kappa shape index (κ3) is 2.78. The van der Waals surface area contributed by atoms with E-state index in [9.17, 15) is 0 Å². The van der Waals surface area contributed by atoms with Crippen LogP contribution in [0.15, 0.2) is 0 Å². The lowest BCUT2D eigenvalue weighted by Crippen LogP contribution is -2.30. The summed E-state index contributed by atoms with van der Waals surface area (Å²) < 4.78 is 0. The molecule has 2 N–H and O–H groups in total. The Morgan fingerprint density at radius 3 is 2.17 bits per heavy atom. The molecule has 1 unspecified atom stereocenters. The minimum atomic E-state index is 0.441. The summed E-state index contributed by atoms with van der Waals surface area (Å²) in [5.41, 5.74) is 7.07. The van der Waals surface area contributed by atoms with Gasteiger partial charge in [-0.1, -0.05) is 27.7 Å². The van der Waals surface area contributed by atoms with E-state index in [0.29, 0.717) is 16.9 Å². The third-order valence-corrected chi connectivity index (χ3v) is 3.14. The first kappa shape index (κ1) is 10.0. The molecule has 0 amide bonds. The number of nitrogens with two attached hydrogens (primary N) is 1. The van der Waals surface area contributed by atoms with Gasteiger partial charge in [0.05, 0.1) is 0 Å². The van der Waals surface area contributed by atoms with Crippen molar-refractivity contribution < 1.29 is 0 Å². The Hall–Kier alpha value is -0.0400. The number of hydrogen-bond donors (Lipinski definition) is 1. The van der Waals surface area contributed by atoms with E-state index in [2.05, 4.69) is 27.7 Å². The molecule has 1 saturated carbocycles. The highest BCUT2D eigenvalue weighted by molar-refractivity contribution is 4.97. The van der Waals surface area contributed by atoms with Crippen molar-refractivity contribution in [2.45, 2.75) is 59.4 Å². The highest BCUT2D eigenvalue weighted by atomic mass is 14.7. The first-order valence-electron chi connectivity index (χ1n) is 5.09. The maximum absolute atomic E-state index is 6.12. The average molecular weight is 169 g/mol. The zero-order chi connectivity index (χ0) is 9.41. The molecule has 1 aliphatic rings. The minimum Gasteiger partial charge on any atom is -0.327 e. The van der Waals surface area contributed by atoms with E-state index in [1.807, 2.05) is 0 Å². The van der Waals surface area contributed by atoms with Crippen molar-refractivity contribution in [3.63, 3.8) is 0 Å². The Kier molecular flexibility index (Phi) is 2.53. The van der Waals surface area contributed by atoms with Gasteiger partial charge >= 0.3 is 0 Å². The highest BCUT2D eigenvalue weighted by Crippen LogP contribution is 2.48. The largest absolute Gasteiger partial charge is 0.327 e. The van der Waals surface area contributed by atoms with Gasteiger partial charge < -0.3 is 5.73 Å². The second-order valence-electron chi connectivity index (χ2n) is 5.86. The van der Waals surface area contributed by atoms with Crippen LogP contribution in [0.5, 0.6) is 0 Å². The van der Waals surface area contributed by atoms with Crippen molar-refractivity contribution in [1.82, 2.24) is 0 Å². The second kappa shape index (κ2) is 3.02. The molecule has 0 saturated heterocycles. The molecule has 1 aliphatic carbocycles. The van der Waals surface area contributed by atoms with Gasteiger partial charge in [-0.05, 0) is 36.5 Å². The molecule has 1 nitrogen and oxygen atoms in total. The summed E-state index contributed by atoms with van der Waals surface area (Å²) in [6.45, 7) is 9.18. The molecular formula is C11H23N. The van der Waals surface area contributed by atoms with Gasteiger partial charge in [0, 0.05) is 6.04 Å². The monoisotopic (exact) mass is 169 g/mol. The Labute approximate surface area is 76.7 Å². The SMILES string of the molecule is CC(C)(C)CCC(N)C1(C)CC1. The topological polar surface area (TPSA) is 26.0 Å². The Bertz CT molecular complexity index is 151. The number of rotatable bonds is 3. The zero-order valence-corrected chi connectivity index (χ0v) is 8.98. The van der Waals surface area contributed by atoms with Crippen LogP contribution in [0.1, 0.15) is 53.4 Å². The van der Waals surface area contributed by atoms with Crippen LogP contribution in [0.4, 0.5) is 0 Å². The second-order valence-corrected chi connectivity index (χ2v) is 5.86. The summed E-state index contributed by atoms with van der Waals surface area (Å²) in [6, 6.07) is 0.441. The molecule has 0 aliphatic heterocycles. The van der Waals surface area contributed by atoms with Gasteiger partial charge in [0.25, 0.3) is 0 Å². The lowest BCUT2D eigenvalue weighted by atomic mass is 9.85. The quantitative estimate of drug-likeness (QED) is 0.690. The van der Waals surface area contributed by atoms with Gasteiger partial charge in [-0.3, -0.25) is 0 Å². The van der Waals surface area contributed by atoms with Crippen LogP contribution in [0.3, 0.4) is 0 Å². The molecule has 1 heteroatoms. The standard InChI is InChI=1S/C11H23N/c1-10(2,3)6-5-9(12)11(4)7-8-11/h9H,5-8,12H2,1-4H3. The Morgan fingerprint density at radius 1 is 1.33 bits per heavy atom. The van der Waals surface area contributed by atoms with Gasteiger partial charge in [0.15, 0.2) is 0 Å². The smallest absolute Gasteiger partial charge is 0.00931 e. The Balaban J connectivity index is 2.23. The predicted octanol–water partition coefficient (Wildman–Crippen LogP) is 2.94. The van der Waals surface area contributed by atoms with Gasteiger partial charge in [-0.2, -0.15) is 0 Å². The van der Waals surface area contributed by atoms with Crippen LogP contribution >= 0.6 is 0 Å². The fourth-order valence-electron chi connectivity index (χ4n) is 1.50. The molecule has 0 bridgehead atoms. The van der Waals surface area contributed by atoms with Crippen LogP contribution < -0.4 is 5.73 Å². The maximum atomic E-state index is 6.12. The van der Waals surface area contributed by atoms with Crippen molar-refractivity contribution >= 4 is 0 Å². The average Bonchev–Trinajstić information content (AvgIpc) is 2.62. The van der Waals surface area contributed by atoms with Crippen molar-refractivity contribution in [2.75, 3.05) is 0 Å². The molecule has 1 fully saturated rings. The van der Waals surface area contributed by atoms with E-state index in [1.54, 1.807) is 0 Å². The zero-order valence-electron chi connectivity index (χ0n) is 8.98. The summed E-state index contributed by atoms with van der Waals surface area (Å²) in [5, 5.41) is 0. The van der Waals surface area contributed by atoms with Crippen molar-refractivity contribution in [1.29, 1.82) is 0 Å². The van der Waals surface area contributed by atoms with Crippen LogP contribution in [0.25, 0.3) is 0 Å². The van der Waals surface area contributed by atoms with E-state index in [0.717, 1.165) is 0 Å². The van der Waals surface area contributed by atoms with Crippen LogP contribution in [0.2, 0.25) is 0 Å². The summed E-state index contributed by atoms with van der Waals surface area (Å²) in [7, 11) is 0. The fraction of sp³-hybridized carbons (Fsp3) is 1.00. The van der Waals surface area contributed by atoms with E-state index in [-0.39, 0.29) is 0 Å². The predicted molar refractivity (Wildman–Crippen MR) is 54.0 cm³/mol. The molecule has 0 aromatic heterocycles. The van der Waals surface area contributed by atoms with E-state index < -0.39 is 0 Å². The molecule has 0 aromatic carbocycles. The minimum absolute atomic E-state index is 0.441. The van der Waals surface area contributed by atoms with E-state index >= 15 is 0 Å². The summed E-state index contributed by atoms with van der Waals surface area (Å²) in [5.74, 6) is 0. The van der Waals surface area contributed by atoms with Crippen LogP contribution in [-0.2, 0) is 0 Å². The molecule has 0 heterocycles. The van der Waals surface area contributed by atoms with Crippen molar-refractivity contribution in [3.05, 3.63) is 0 Å². The summed E-state index contributed by atoms with van der Waals surface area (Å²) >= 11 is 0. The summed E-state index contributed by atoms with van der Waals surface area (Å²) in [4.78, 5) is 0. The molecule has 0 spiro atoms. The molecule has 0 radical (unpaired) electrons. The maximum Gasteiger partial charge on any atom is 0.00931 e. The van der Waals surface area contributed by atoms with Gasteiger partial charge in [-0.25, -0.2) is 0 Å². The van der Waals surface area contributed by atoms with Crippen LogP contribution in [0, 0.1) is 10.8 Å². The molecular weight excluding hydrogens is 146 g/mol. The van der Waals surface area contributed by atoms with E-state index in [4.69, 9.17) is 5.73 Å². The molecule has 1 atom stereocenters. The van der Waals surface area contributed by atoms with Gasteiger partial charge in [-0.15, -0.1) is 0 Å². The summed E-state index contributed by atoms with van der Waals surface area (Å²) in [6.07, 6.45) is 5.14. The molecule has 0 aromatic rings. The lowest BCUT2D eigenvalue weighted by molar-refractivity contribution is 0.310. The fourth-order valence-corrected chi connectivity index (χ4v) is 1.50. The molecule has 1 rings (SSSR count). The lowest BCUT2D eigenvalue weighted by Gasteiger charge is -2.24. The Morgan fingerprint density at radius 2 is 1.83 bits per heavy atom. The van der Waals surface area contributed by atoms with Crippen molar-refractivity contribution in [3.8, 4) is 0 Å². The number of hydrogen-bond acceptors (Lipinski definition) is 1. The first-order valence-corrected chi connectivity index (χ1v) is 5.09. The van der Waals surface area contributed by atoms with E-state index in [1.165, 1.54) is 25.7 Å². The molecule has 12 heavy (non-hydrogen) atoms. The third-order valence-electron chi connectivity index (χ3n) is 3.14. The van der Waals surface area contributed by atoms with Crippen molar-refractivity contribution in [2.24, 2.45) is 16.6 Å². The van der Waals surface area contributed by atoms with Gasteiger partial charge in [0.2, 0.25) is 0 Å². The normalized spacial score (nSPS) is 23.8. The molecule has 72 valence electrons. The van der Waals surface area contributed by atoms with Gasteiger partial charge in [0.1, 0.15) is 0 Å².